The second-order valence-electron chi connectivity index (χ2n) is 3.71. The minimum atomic E-state index is -0.953. The first kappa shape index (κ1) is 13.5. The maximum Gasteiger partial charge on any atom is 0.200 e. The average Bonchev–Trinajstić information content (AvgIpc) is 2.80. The molecular weight excluding hydrogens is 322 g/mol. The Balaban J connectivity index is 2.10. The predicted molar refractivity (Wildman–Crippen MR) is 72.1 cm³/mol. The third-order valence-corrected chi connectivity index (χ3v) is 4.06. The van der Waals surface area contributed by atoms with Crippen LogP contribution in [-0.4, -0.2) is 0 Å². The Hall–Kier alpha value is -0.940. The molecule has 0 saturated heterocycles. The van der Waals surface area contributed by atoms with Gasteiger partial charge in [0, 0.05) is 14.2 Å². The van der Waals surface area contributed by atoms with Gasteiger partial charge in [-0.25, -0.2) is 4.39 Å². The van der Waals surface area contributed by atoms with Crippen molar-refractivity contribution in [2.24, 2.45) is 0 Å². The van der Waals surface area contributed by atoms with Crippen molar-refractivity contribution in [3.8, 4) is 5.75 Å². The van der Waals surface area contributed by atoms with E-state index >= 15 is 0 Å². The Morgan fingerprint density at radius 2 is 1.94 bits per heavy atom. The highest BCUT2D eigenvalue weighted by molar-refractivity contribution is 9.10. The van der Waals surface area contributed by atoms with Crippen LogP contribution in [0.3, 0.4) is 0 Å². The highest BCUT2D eigenvalue weighted by atomic mass is 79.9. The third kappa shape index (κ3) is 3.09. The lowest BCUT2D eigenvalue weighted by atomic mass is 10.3. The molecular formula is C13H11BrF2OS. The van der Waals surface area contributed by atoms with Gasteiger partial charge in [-0.2, -0.15) is 4.39 Å². The van der Waals surface area contributed by atoms with Crippen molar-refractivity contribution in [1.29, 1.82) is 0 Å². The first-order valence-corrected chi connectivity index (χ1v) is 7.06. The van der Waals surface area contributed by atoms with Crippen LogP contribution in [-0.2, 0) is 13.0 Å². The fraction of sp³-hybridized carbons (Fsp3) is 0.231. The summed E-state index contributed by atoms with van der Waals surface area (Å²) in [6, 6.07) is 6.45. The molecule has 1 heterocycles. The standard InChI is InChI=1S/C13H11BrF2OS/c1-2-9-3-4-10(18-9)7-17-12-6-8(14)5-11(15)13(12)16/h3-6H,2,7H2,1H3. The van der Waals surface area contributed by atoms with Gasteiger partial charge < -0.3 is 4.74 Å². The molecule has 96 valence electrons. The van der Waals surface area contributed by atoms with Gasteiger partial charge in [-0.05, 0) is 30.7 Å². The molecule has 2 rings (SSSR count). The van der Waals surface area contributed by atoms with Crippen molar-refractivity contribution in [3.05, 3.63) is 50.1 Å². The smallest absolute Gasteiger partial charge is 0.200 e. The second-order valence-corrected chi connectivity index (χ2v) is 5.88. The van der Waals surface area contributed by atoms with E-state index in [1.807, 2.05) is 12.1 Å². The van der Waals surface area contributed by atoms with Crippen LogP contribution in [0.15, 0.2) is 28.7 Å². The molecule has 2 aromatic rings. The monoisotopic (exact) mass is 332 g/mol. The fourth-order valence-electron chi connectivity index (χ4n) is 1.48. The van der Waals surface area contributed by atoms with Gasteiger partial charge in [0.25, 0.3) is 0 Å². The second kappa shape index (κ2) is 5.80. The van der Waals surface area contributed by atoms with Crippen LogP contribution in [0.25, 0.3) is 0 Å². The quantitative estimate of drug-likeness (QED) is 0.721. The Morgan fingerprint density at radius 1 is 1.22 bits per heavy atom. The number of aryl methyl sites for hydroxylation is 1. The zero-order valence-electron chi connectivity index (χ0n) is 9.67. The molecule has 1 nitrogen and oxygen atoms in total. The molecule has 18 heavy (non-hydrogen) atoms. The summed E-state index contributed by atoms with van der Waals surface area (Å²) in [5.41, 5.74) is 0. The van der Waals surface area contributed by atoms with E-state index in [2.05, 4.69) is 22.9 Å². The van der Waals surface area contributed by atoms with Crippen molar-refractivity contribution in [3.63, 3.8) is 0 Å². The van der Waals surface area contributed by atoms with E-state index in [4.69, 9.17) is 4.74 Å². The van der Waals surface area contributed by atoms with Crippen LogP contribution in [0.4, 0.5) is 8.78 Å². The highest BCUT2D eigenvalue weighted by Gasteiger charge is 2.11. The first-order chi connectivity index (χ1) is 8.60. The minimum Gasteiger partial charge on any atom is -0.485 e. The van der Waals surface area contributed by atoms with Crippen molar-refractivity contribution in [2.75, 3.05) is 0 Å². The van der Waals surface area contributed by atoms with Crippen LogP contribution in [0.1, 0.15) is 16.7 Å². The number of benzene rings is 1. The van der Waals surface area contributed by atoms with Crippen LogP contribution < -0.4 is 4.74 Å². The Labute approximate surface area is 117 Å². The summed E-state index contributed by atoms with van der Waals surface area (Å²) in [5, 5.41) is 0. The van der Waals surface area contributed by atoms with E-state index in [0.29, 0.717) is 4.47 Å². The highest BCUT2D eigenvalue weighted by Crippen LogP contribution is 2.27. The zero-order chi connectivity index (χ0) is 13.1. The van der Waals surface area contributed by atoms with E-state index < -0.39 is 11.6 Å². The van der Waals surface area contributed by atoms with Gasteiger partial charge in [0.05, 0.1) is 0 Å². The number of ether oxygens (including phenoxy) is 1. The molecule has 0 bridgehead atoms. The van der Waals surface area contributed by atoms with Crippen LogP contribution in [0.2, 0.25) is 0 Å². The van der Waals surface area contributed by atoms with Crippen LogP contribution in [0, 0.1) is 11.6 Å². The van der Waals surface area contributed by atoms with Gasteiger partial charge in [0.1, 0.15) is 6.61 Å². The SMILES string of the molecule is CCc1ccc(COc2cc(Br)cc(F)c2F)s1. The summed E-state index contributed by atoms with van der Waals surface area (Å²) in [4.78, 5) is 2.24. The van der Waals surface area contributed by atoms with Crippen molar-refractivity contribution < 1.29 is 13.5 Å². The Bertz CT molecular complexity index is 554. The van der Waals surface area contributed by atoms with Gasteiger partial charge in [-0.3, -0.25) is 0 Å². The van der Waals surface area contributed by atoms with E-state index in [9.17, 15) is 8.78 Å². The molecule has 5 heteroatoms. The largest absolute Gasteiger partial charge is 0.485 e. The van der Waals surface area contributed by atoms with Gasteiger partial charge >= 0.3 is 0 Å². The number of thiophene rings is 1. The van der Waals surface area contributed by atoms with Gasteiger partial charge in [-0.15, -0.1) is 11.3 Å². The molecule has 0 radical (unpaired) electrons. The molecule has 0 saturated carbocycles. The van der Waals surface area contributed by atoms with Crippen molar-refractivity contribution in [2.45, 2.75) is 20.0 Å². The summed E-state index contributed by atoms with van der Waals surface area (Å²) in [7, 11) is 0. The zero-order valence-corrected chi connectivity index (χ0v) is 12.1. The summed E-state index contributed by atoms with van der Waals surface area (Å²) in [5.74, 6) is -1.95. The lowest BCUT2D eigenvalue weighted by Crippen LogP contribution is -1.97. The average molecular weight is 333 g/mol. The molecule has 0 spiro atoms. The van der Waals surface area contributed by atoms with E-state index in [0.717, 1.165) is 17.4 Å². The number of hydrogen-bond donors (Lipinski definition) is 0. The summed E-state index contributed by atoms with van der Waals surface area (Å²) in [6.45, 7) is 2.32. The predicted octanol–water partition coefficient (Wildman–Crippen LogP) is 4.93. The summed E-state index contributed by atoms with van der Waals surface area (Å²) >= 11 is 4.72. The van der Waals surface area contributed by atoms with Gasteiger partial charge in [0.15, 0.2) is 11.6 Å². The Morgan fingerprint density at radius 3 is 2.61 bits per heavy atom. The number of hydrogen-bond acceptors (Lipinski definition) is 2. The van der Waals surface area contributed by atoms with Crippen LogP contribution in [0.5, 0.6) is 5.75 Å². The van der Waals surface area contributed by atoms with Crippen molar-refractivity contribution in [1.82, 2.24) is 0 Å². The fourth-order valence-corrected chi connectivity index (χ4v) is 2.76. The molecule has 0 amide bonds. The molecule has 1 aromatic heterocycles. The van der Waals surface area contributed by atoms with E-state index in [1.165, 1.54) is 10.9 Å². The lowest BCUT2D eigenvalue weighted by molar-refractivity contribution is 0.287. The molecule has 1 aromatic carbocycles. The van der Waals surface area contributed by atoms with E-state index in [-0.39, 0.29) is 12.4 Å². The summed E-state index contributed by atoms with van der Waals surface area (Å²) in [6.07, 6.45) is 0.963. The molecule has 0 aliphatic rings. The Kier molecular flexibility index (Phi) is 4.35. The molecule has 0 aliphatic carbocycles. The third-order valence-electron chi connectivity index (χ3n) is 2.40. The number of rotatable bonds is 4. The first-order valence-electron chi connectivity index (χ1n) is 5.45. The topological polar surface area (TPSA) is 9.23 Å². The van der Waals surface area contributed by atoms with Crippen LogP contribution >= 0.6 is 27.3 Å². The lowest BCUT2D eigenvalue weighted by Gasteiger charge is -2.07. The molecule has 0 aliphatic heterocycles. The van der Waals surface area contributed by atoms with E-state index in [1.54, 1.807) is 11.3 Å². The van der Waals surface area contributed by atoms with Gasteiger partial charge in [0.2, 0.25) is 5.82 Å². The molecule has 0 fully saturated rings. The molecule has 0 unspecified atom stereocenters. The summed E-state index contributed by atoms with van der Waals surface area (Å²) < 4.78 is 32.3. The maximum absolute atomic E-state index is 13.4. The molecule has 0 atom stereocenters. The normalized spacial score (nSPS) is 10.7. The van der Waals surface area contributed by atoms with Crippen molar-refractivity contribution >= 4 is 27.3 Å². The number of halogens is 3. The van der Waals surface area contributed by atoms with Gasteiger partial charge in [-0.1, -0.05) is 22.9 Å². The molecule has 0 N–H and O–H groups in total. The minimum absolute atomic E-state index is 0.0756. The maximum atomic E-state index is 13.4.